The number of rotatable bonds is 3. The van der Waals surface area contributed by atoms with E-state index in [-0.39, 0.29) is 0 Å². The summed E-state index contributed by atoms with van der Waals surface area (Å²) < 4.78 is 0. The van der Waals surface area contributed by atoms with Crippen LogP contribution in [0.1, 0.15) is 16.7 Å². The molecule has 1 aromatic rings. The molecular formula is C14H17N3. The Labute approximate surface area is 103 Å². The van der Waals surface area contributed by atoms with E-state index in [1.165, 1.54) is 6.08 Å². The first kappa shape index (κ1) is 13.0. The molecule has 0 radical (unpaired) electrons. The second-order valence-electron chi connectivity index (χ2n) is 4.17. The van der Waals surface area contributed by atoms with E-state index in [1.54, 1.807) is 12.4 Å². The van der Waals surface area contributed by atoms with Crippen molar-refractivity contribution >= 4 is 18.1 Å². The van der Waals surface area contributed by atoms with E-state index in [2.05, 4.69) is 4.99 Å². The minimum absolute atomic E-state index is 0.993. The van der Waals surface area contributed by atoms with Crippen LogP contribution >= 0.6 is 0 Å². The number of nitriles is 1. The molecule has 0 aliphatic rings. The van der Waals surface area contributed by atoms with E-state index >= 15 is 0 Å². The molecule has 0 spiro atoms. The maximum Gasteiger partial charge on any atom is 0.0912 e. The van der Waals surface area contributed by atoms with Gasteiger partial charge in [0.1, 0.15) is 0 Å². The standard InChI is InChI=1S/C14H17N3/c1-11-8-13(6-5-7-15)9-12(2)14(11)16-10-17(3)4/h5-6,8-10H,1-4H3/b6-5+,16-10?. The van der Waals surface area contributed by atoms with Crippen LogP contribution in [-0.2, 0) is 0 Å². The molecule has 88 valence electrons. The molecule has 0 saturated carbocycles. The van der Waals surface area contributed by atoms with Crippen LogP contribution in [0.2, 0.25) is 0 Å². The first-order valence-electron chi connectivity index (χ1n) is 5.42. The topological polar surface area (TPSA) is 39.4 Å². The van der Waals surface area contributed by atoms with Gasteiger partial charge >= 0.3 is 0 Å². The number of allylic oxidation sites excluding steroid dienone is 1. The van der Waals surface area contributed by atoms with Gasteiger partial charge in [0.05, 0.1) is 18.1 Å². The lowest BCUT2D eigenvalue weighted by Crippen LogP contribution is -2.07. The van der Waals surface area contributed by atoms with Gasteiger partial charge in [-0.1, -0.05) is 0 Å². The zero-order chi connectivity index (χ0) is 12.8. The molecule has 3 heteroatoms. The normalized spacial score (nSPS) is 11.0. The van der Waals surface area contributed by atoms with Gasteiger partial charge in [0.2, 0.25) is 0 Å². The molecule has 1 aromatic carbocycles. The molecule has 0 unspecified atom stereocenters. The highest BCUT2D eigenvalue weighted by molar-refractivity contribution is 5.67. The highest BCUT2D eigenvalue weighted by Gasteiger charge is 2.02. The van der Waals surface area contributed by atoms with Crippen LogP contribution in [0.25, 0.3) is 6.08 Å². The van der Waals surface area contributed by atoms with Crippen LogP contribution in [0, 0.1) is 25.2 Å². The van der Waals surface area contributed by atoms with Gasteiger partial charge in [0.25, 0.3) is 0 Å². The van der Waals surface area contributed by atoms with Gasteiger partial charge in [-0.05, 0) is 48.7 Å². The predicted octanol–water partition coefficient (Wildman–Crippen LogP) is 3.06. The van der Waals surface area contributed by atoms with Crippen molar-refractivity contribution in [1.82, 2.24) is 4.90 Å². The van der Waals surface area contributed by atoms with Crippen LogP contribution in [-0.4, -0.2) is 25.3 Å². The van der Waals surface area contributed by atoms with Crippen molar-refractivity contribution in [3.63, 3.8) is 0 Å². The quantitative estimate of drug-likeness (QED) is 0.452. The lowest BCUT2D eigenvalue weighted by molar-refractivity contribution is 0.643. The van der Waals surface area contributed by atoms with Crippen molar-refractivity contribution < 1.29 is 0 Å². The largest absolute Gasteiger partial charge is 0.369 e. The Morgan fingerprint density at radius 3 is 2.29 bits per heavy atom. The van der Waals surface area contributed by atoms with Crippen molar-refractivity contribution in [2.24, 2.45) is 4.99 Å². The Hall–Kier alpha value is -2.08. The Kier molecular flexibility index (Phi) is 4.47. The summed E-state index contributed by atoms with van der Waals surface area (Å²) in [5, 5.41) is 8.50. The molecule has 0 N–H and O–H groups in total. The summed E-state index contributed by atoms with van der Waals surface area (Å²) in [5.41, 5.74) is 4.25. The Bertz CT molecular complexity index is 468. The monoisotopic (exact) mass is 227 g/mol. The fourth-order valence-corrected chi connectivity index (χ4v) is 1.60. The Morgan fingerprint density at radius 1 is 1.24 bits per heavy atom. The predicted molar refractivity (Wildman–Crippen MR) is 72.4 cm³/mol. The Morgan fingerprint density at radius 2 is 1.82 bits per heavy atom. The summed E-state index contributed by atoms with van der Waals surface area (Å²) in [6, 6.07) is 6.05. The number of aryl methyl sites for hydroxylation is 2. The van der Waals surface area contributed by atoms with Crippen LogP contribution in [0.5, 0.6) is 0 Å². The van der Waals surface area contributed by atoms with E-state index in [1.807, 2.05) is 51.0 Å². The smallest absolute Gasteiger partial charge is 0.0912 e. The molecule has 0 amide bonds. The molecule has 0 fully saturated rings. The third kappa shape index (κ3) is 3.76. The molecule has 0 aliphatic heterocycles. The van der Waals surface area contributed by atoms with E-state index in [4.69, 9.17) is 5.26 Å². The van der Waals surface area contributed by atoms with E-state index in [0.29, 0.717) is 0 Å². The number of aliphatic imine (C=N–C) groups is 1. The second kappa shape index (κ2) is 5.86. The minimum atomic E-state index is 0.993. The van der Waals surface area contributed by atoms with Gasteiger partial charge in [0, 0.05) is 20.2 Å². The SMILES string of the molecule is Cc1cc(/C=C/C#N)cc(C)c1N=CN(C)C. The summed E-state index contributed by atoms with van der Waals surface area (Å²) >= 11 is 0. The Balaban J connectivity index is 3.11. The molecule has 1 rings (SSSR count). The average Bonchev–Trinajstić information content (AvgIpc) is 2.24. The van der Waals surface area contributed by atoms with Gasteiger partial charge in [-0.25, -0.2) is 4.99 Å². The van der Waals surface area contributed by atoms with E-state index in [0.717, 1.165) is 22.4 Å². The van der Waals surface area contributed by atoms with Crippen LogP contribution < -0.4 is 0 Å². The minimum Gasteiger partial charge on any atom is -0.369 e. The molecule has 3 nitrogen and oxygen atoms in total. The van der Waals surface area contributed by atoms with Gasteiger partial charge in [-0.15, -0.1) is 0 Å². The zero-order valence-corrected chi connectivity index (χ0v) is 10.7. The van der Waals surface area contributed by atoms with Gasteiger partial charge in [-0.2, -0.15) is 5.26 Å². The maximum atomic E-state index is 8.50. The number of hydrogen-bond donors (Lipinski definition) is 0. The highest BCUT2D eigenvalue weighted by Crippen LogP contribution is 2.25. The lowest BCUT2D eigenvalue weighted by atomic mass is 10.0. The lowest BCUT2D eigenvalue weighted by Gasteiger charge is -2.08. The molecule has 0 saturated heterocycles. The van der Waals surface area contributed by atoms with Gasteiger partial charge in [-0.3, -0.25) is 0 Å². The number of nitrogens with zero attached hydrogens (tertiary/aromatic N) is 3. The van der Waals surface area contributed by atoms with Crippen LogP contribution in [0.3, 0.4) is 0 Å². The van der Waals surface area contributed by atoms with Crippen LogP contribution in [0.4, 0.5) is 5.69 Å². The second-order valence-corrected chi connectivity index (χ2v) is 4.17. The first-order chi connectivity index (χ1) is 8.04. The van der Waals surface area contributed by atoms with E-state index in [9.17, 15) is 0 Å². The molecular weight excluding hydrogens is 210 g/mol. The summed E-state index contributed by atoms with van der Waals surface area (Å²) in [6.45, 7) is 4.05. The fraction of sp³-hybridized carbons (Fsp3) is 0.286. The van der Waals surface area contributed by atoms with Crippen molar-refractivity contribution in [3.8, 4) is 6.07 Å². The van der Waals surface area contributed by atoms with Crippen LogP contribution in [0.15, 0.2) is 23.2 Å². The highest BCUT2D eigenvalue weighted by atomic mass is 15.1. The van der Waals surface area contributed by atoms with Crippen molar-refractivity contribution in [3.05, 3.63) is 34.9 Å². The third-order valence-electron chi connectivity index (χ3n) is 2.28. The molecule has 0 heterocycles. The molecule has 0 bridgehead atoms. The molecule has 0 aromatic heterocycles. The molecule has 17 heavy (non-hydrogen) atoms. The average molecular weight is 227 g/mol. The zero-order valence-electron chi connectivity index (χ0n) is 10.7. The van der Waals surface area contributed by atoms with Crippen molar-refractivity contribution in [2.75, 3.05) is 14.1 Å². The third-order valence-corrected chi connectivity index (χ3v) is 2.28. The summed E-state index contributed by atoms with van der Waals surface area (Å²) in [6.07, 6.45) is 5.08. The number of benzene rings is 1. The molecule has 0 aliphatic carbocycles. The summed E-state index contributed by atoms with van der Waals surface area (Å²) in [7, 11) is 3.89. The van der Waals surface area contributed by atoms with E-state index < -0.39 is 0 Å². The fourth-order valence-electron chi connectivity index (χ4n) is 1.60. The van der Waals surface area contributed by atoms with Gasteiger partial charge in [0.15, 0.2) is 0 Å². The summed E-state index contributed by atoms with van der Waals surface area (Å²) in [5.74, 6) is 0. The summed E-state index contributed by atoms with van der Waals surface area (Å²) in [4.78, 5) is 6.34. The first-order valence-corrected chi connectivity index (χ1v) is 5.42. The maximum absolute atomic E-state index is 8.50. The molecule has 0 atom stereocenters. The van der Waals surface area contributed by atoms with Crippen molar-refractivity contribution in [2.45, 2.75) is 13.8 Å². The number of hydrogen-bond acceptors (Lipinski definition) is 2. The van der Waals surface area contributed by atoms with Crippen molar-refractivity contribution in [1.29, 1.82) is 5.26 Å². The van der Waals surface area contributed by atoms with Gasteiger partial charge < -0.3 is 4.90 Å².